The third kappa shape index (κ3) is 2.31. The first-order chi connectivity index (χ1) is 7.08. The van der Waals surface area contributed by atoms with Crippen molar-refractivity contribution in [3.8, 4) is 0 Å². The predicted octanol–water partition coefficient (Wildman–Crippen LogP) is 3.68. The number of ketones is 1. The molecule has 1 aliphatic rings. The minimum atomic E-state index is 0.184. The van der Waals surface area contributed by atoms with Gasteiger partial charge >= 0.3 is 0 Å². The molecule has 15 heavy (non-hydrogen) atoms. The molecule has 2 heteroatoms. The zero-order chi connectivity index (χ0) is 10.9. The third-order valence-corrected chi connectivity index (χ3v) is 3.47. The zero-order valence-corrected chi connectivity index (χ0v) is 9.45. The molecule has 1 aliphatic carbocycles. The fraction of sp³-hybridized carbons (Fsp3) is 0.615. The molecule has 0 radical (unpaired) electrons. The summed E-state index contributed by atoms with van der Waals surface area (Å²) in [4.78, 5) is 12.0. The summed E-state index contributed by atoms with van der Waals surface area (Å²) in [7, 11) is 0. The average Bonchev–Trinajstić information content (AvgIpc) is 2.69. The van der Waals surface area contributed by atoms with Crippen LogP contribution in [0.3, 0.4) is 0 Å². The van der Waals surface area contributed by atoms with E-state index >= 15 is 0 Å². The molecule has 0 amide bonds. The van der Waals surface area contributed by atoms with Crippen molar-refractivity contribution in [2.75, 3.05) is 0 Å². The van der Waals surface area contributed by atoms with E-state index in [9.17, 15) is 4.79 Å². The lowest BCUT2D eigenvalue weighted by Gasteiger charge is -2.33. The molecule has 1 saturated carbocycles. The number of hydrogen-bond donors (Lipinski definition) is 0. The van der Waals surface area contributed by atoms with Gasteiger partial charge in [-0.15, -0.1) is 0 Å². The van der Waals surface area contributed by atoms with Crippen LogP contribution in [-0.2, 0) is 0 Å². The Balaban J connectivity index is 2.00. The maximum atomic E-state index is 12.0. The normalized spacial score (nSPS) is 21.5. The van der Waals surface area contributed by atoms with Gasteiger partial charge in [0.1, 0.15) is 0 Å². The van der Waals surface area contributed by atoms with E-state index in [-0.39, 0.29) is 11.7 Å². The van der Waals surface area contributed by atoms with E-state index in [0.717, 1.165) is 25.7 Å². The second kappa shape index (κ2) is 3.84. The Morgan fingerprint density at radius 1 is 1.40 bits per heavy atom. The smallest absolute Gasteiger partial charge is 0.201 e. The maximum Gasteiger partial charge on any atom is 0.201 e. The number of carbonyl (C=O) groups is 1. The van der Waals surface area contributed by atoms with E-state index in [1.807, 2.05) is 0 Å². The summed E-state index contributed by atoms with van der Waals surface area (Å²) >= 11 is 0. The number of carbonyl (C=O) groups excluding carboxylic acids is 1. The van der Waals surface area contributed by atoms with Crippen molar-refractivity contribution < 1.29 is 9.21 Å². The van der Waals surface area contributed by atoms with Crippen LogP contribution in [0.15, 0.2) is 22.8 Å². The van der Waals surface area contributed by atoms with Crippen LogP contribution in [0, 0.1) is 11.3 Å². The average molecular weight is 206 g/mol. The highest BCUT2D eigenvalue weighted by atomic mass is 16.3. The molecule has 1 fully saturated rings. The zero-order valence-electron chi connectivity index (χ0n) is 9.45. The molecule has 0 saturated heterocycles. The molecular weight excluding hydrogens is 188 g/mol. The van der Waals surface area contributed by atoms with Gasteiger partial charge in [0.25, 0.3) is 0 Å². The second-order valence-electron chi connectivity index (χ2n) is 5.28. The first kappa shape index (κ1) is 10.5. The Hall–Kier alpha value is -1.05. The molecule has 0 spiro atoms. The van der Waals surface area contributed by atoms with Gasteiger partial charge in [0.05, 0.1) is 6.26 Å². The summed E-state index contributed by atoms with van der Waals surface area (Å²) in [5.41, 5.74) is 0.417. The first-order valence-electron chi connectivity index (χ1n) is 5.66. The summed E-state index contributed by atoms with van der Waals surface area (Å²) in [6, 6.07) is 3.54. The Bertz CT molecular complexity index is 325. The Morgan fingerprint density at radius 2 is 2.07 bits per heavy atom. The van der Waals surface area contributed by atoms with E-state index in [1.165, 1.54) is 0 Å². The maximum absolute atomic E-state index is 12.0. The van der Waals surface area contributed by atoms with Crippen molar-refractivity contribution in [1.29, 1.82) is 0 Å². The van der Waals surface area contributed by atoms with Crippen molar-refractivity contribution in [3.05, 3.63) is 24.2 Å². The van der Waals surface area contributed by atoms with Gasteiger partial charge in [-0.05, 0) is 43.2 Å². The molecule has 2 rings (SSSR count). The largest absolute Gasteiger partial charge is 0.461 e. The van der Waals surface area contributed by atoms with E-state index < -0.39 is 0 Å². The van der Waals surface area contributed by atoms with Crippen LogP contribution in [0.4, 0.5) is 0 Å². The summed E-state index contributed by atoms with van der Waals surface area (Å²) in [6.07, 6.45) is 5.87. The Labute approximate surface area is 90.7 Å². The summed E-state index contributed by atoms with van der Waals surface area (Å²) < 4.78 is 5.15. The van der Waals surface area contributed by atoms with Crippen molar-refractivity contribution >= 4 is 5.78 Å². The molecule has 0 aromatic carbocycles. The summed E-state index contributed by atoms with van der Waals surface area (Å²) in [6.45, 7) is 4.56. The summed E-state index contributed by atoms with van der Waals surface area (Å²) in [5, 5.41) is 0. The van der Waals surface area contributed by atoms with E-state index in [0.29, 0.717) is 11.2 Å². The first-order valence-corrected chi connectivity index (χ1v) is 5.66. The van der Waals surface area contributed by atoms with Crippen molar-refractivity contribution in [1.82, 2.24) is 0 Å². The number of rotatable bonds is 2. The van der Waals surface area contributed by atoms with Crippen LogP contribution >= 0.6 is 0 Å². The minimum Gasteiger partial charge on any atom is -0.461 e. The lowest BCUT2D eigenvalue weighted by Crippen LogP contribution is -2.26. The van der Waals surface area contributed by atoms with Crippen LogP contribution in [-0.4, -0.2) is 5.78 Å². The predicted molar refractivity (Wildman–Crippen MR) is 58.8 cm³/mol. The van der Waals surface area contributed by atoms with Gasteiger partial charge in [0.2, 0.25) is 5.78 Å². The second-order valence-corrected chi connectivity index (χ2v) is 5.28. The standard InChI is InChI=1S/C13H18O2/c1-13(2)7-5-10(6-8-13)12(14)11-4-3-9-15-11/h3-4,9-10H,5-8H2,1-2H3. The molecule has 0 bridgehead atoms. The molecule has 0 atom stereocenters. The Morgan fingerprint density at radius 3 is 2.60 bits per heavy atom. The van der Waals surface area contributed by atoms with Gasteiger partial charge in [-0.25, -0.2) is 0 Å². The number of furan rings is 1. The van der Waals surface area contributed by atoms with E-state index in [1.54, 1.807) is 18.4 Å². The fourth-order valence-corrected chi connectivity index (χ4v) is 2.28. The van der Waals surface area contributed by atoms with Gasteiger partial charge in [0.15, 0.2) is 5.76 Å². The van der Waals surface area contributed by atoms with Crippen LogP contribution in [0.2, 0.25) is 0 Å². The monoisotopic (exact) mass is 206 g/mol. The molecule has 1 aromatic rings. The summed E-state index contributed by atoms with van der Waals surface area (Å²) in [5.74, 6) is 0.902. The van der Waals surface area contributed by atoms with E-state index in [2.05, 4.69) is 13.8 Å². The molecule has 0 unspecified atom stereocenters. The SMILES string of the molecule is CC1(C)CCC(C(=O)c2ccco2)CC1. The van der Waals surface area contributed by atoms with Gasteiger partial charge in [-0.2, -0.15) is 0 Å². The van der Waals surface area contributed by atoms with Gasteiger partial charge in [-0.1, -0.05) is 13.8 Å². The number of hydrogen-bond acceptors (Lipinski definition) is 2. The lowest BCUT2D eigenvalue weighted by atomic mass is 9.72. The highest BCUT2D eigenvalue weighted by Gasteiger charge is 2.31. The Kier molecular flexibility index (Phi) is 2.68. The highest BCUT2D eigenvalue weighted by Crippen LogP contribution is 2.39. The van der Waals surface area contributed by atoms with Crippen molar-refractivity contribution in [2.45, 2.75) is 39.5 Å². The lowest BCUT2D eigenvalue weighted by molar-refractivity contribution is 0.0809. The molecule has 1 heterocycles. The van der Waals surface area contributed by atoms with Crippen molar-refractivity contribution in [3.63, 3.8) is 0 Å². The van der Waals surface area contributed by atoms with Gasteiger partial charge < -0.3 is 4.42 Å². The fourth-order valence-electron chi connectivity index (χ4n) is 2.28. The minimum absolute atomic E-state index is 0.184. The van der Waals surface area contributed by atoms with E-state index in [4.69, 9.17) is 4.42 Å². The van der Waals surface area contributed by atoms with Crippen LogP contribution in [0.5, 0.6) is 0 Å². The molecule has 82 valence electrons. The number of Topliss-reactive ketones (excluding diaryl/α,β-unsaturated/α-hetero) is 1. The van der Waals surface area contributed by atoms with Crippen LogP contribution < -0.4 is 0 Å². The van der Waals surface area contributed by atoms with Gasteiger partial charge in [-0.3, -0.25) is 4.79 Å². The van der Waals surface area contributed by atoms with Crippen LogP contribution in [0.1, 0.15) is 50.1 Å². The van der Waals surface area contributed by atoms with Crippen LogP contribution in [0.25, 0.3) is 0 Å². The molecule has 0 aliphatic heterocycles. The molecule has 2 nitrogen and oxygen atoms in total. The van der Waals surface area contributed by atoms with Gasteiger partial charge in [0, 0.05) is 5.92 Å². The topological polar surface area (TPSA) is 30.2 Å². The quantitative estimate of drug-likeness (QED) is 0.691. The molecular formula is C13H18O2. The third-order valence-electron chi connectivity index (χ3n) is 3.47. The molecule has 1 aromatic heterocycles. The molecule has 0 N–H and O–H groups in total. The van der Waals surface area contributed by atoms with Crippen molar-refractivity contribution in [2.24, 2.45) is 11.3 Å². The highest BCUT2D eigenvalue weighted by molar-refractivity contribution is 5.95.